The molecule has 2 heterocycles. The first kappa shape index (κ1) is 28.1. The normalized spacial score (nSPS) is 14.0. The number of furan rings is 1. The summed E-state index contributed by atoms with van der Waals surface area (Å²) in [5.41, 5.74) is 9.96. The molecular formula is C45H30N2OS. The molecule has 0 spiro atoms. The van der Waals surface area contributed by atoms with E-state index in [0.29, 0.717) is 0 Å². The largest absolute Gasteiger partial charge is 0.456 e. The summed E-state index contributed by atoms with van der Waals surface area (Å²) in [6, 6.07) is 60.8. The summed E-state index contributed by atoms with van der Waals surface area (Å²) in [6.07, 6.45) is 0. The third-order valence-corrected chi connectivity index (χ3v) is 10.9. The molecule has 1 aliphatic rings. The lowest BCUT2D eigenvalue weighted by molar-refractivity contribution is 0.669. The van der Waals surface area contributed by atoms with Gasteiger partial charge in [-0.05, 0) is 70.4 Å². The van der Waals surface area contributed by atoms with Gasteiger partial charge in [-0.25, -0.2) is 0 Å². The van der Waals surface area contributed by atoms with Gasteiger partial charge in [-0.2, -0.15) is 0 Å². The Kier molecular flexibility index (Phi) is 6.49. The third kappa shape index (κ3) is 4.60. The Morgan fingerprint density at radius 1 is 0.531 bits per heavy atom. The van der Waals surface area contributed by atoms with Crippen molar-refractivity contribution in [2.24, 2.45) is 0 Å². The van der Waals surface area contributed by atoms with Crippen LogP contribution in [-0.4, -0.2) is 0 Å². The maximum absolute atomic E-state index is 6.19. The Hall–Kier alpha value is -5.97. The molecule has 1 aromatic heterocycles. The van der Waals surface area contributed by atoms with E-state index in [1.807, 2.05) is 23.9 Å². The minimum absolute atomic E-state index is 0.178. The number of para-hydroxylation sites is 3. The van der Waals surface area contributed by atoms with E-state index in [4.69, 9.17) is 4.42 Å². The molecule has 3 nitrogen and oxygen atoms in total. The highest BCUT2D eigenvalue weighted by Crippen LogP contribution is 2.52. The van der Waals surface area contributed by atoms with Gasteiger partial charge in [0.25, 0.3) is 0 Å². The third-order valence-electron chi connectivity index (χ3n) is 9.69. The van der Waals surface area contributed by atoms with Crippen LogP contribution in [0.25, 0.3) is 54.6 Å². The lowest BCUT2D eigenvalue weighted by atomic mass is 9.97. The molecule has 9 aromatic rings. The van der Waals surface area contributed by atoms with E-state index in [-0.39, 0.29) is 5.37 Å². The number of nitrogens with one attached hydrogen (secondary N) is 1. The van der Waals surface area contributed by atoms with E-state index in [1.165, 1.54) is 37.7 Å². The predicted molar refractivity (Wildman–Crippen MR) is 208 cm³/mol. The van der Waals surface area contributed by atoms with Gasteiger partial charge in [0.05, 0.1) is 17.1 Å². The summed E-state index contributed by atoms with van der Waals surface area (Å²) in [5, 5.41) is 11.3. The first-order chi connectivity index (χ1) is 24.3. The van der Waals surface area contributed by atoms with Crippen LogP contribution in [0.1, 0.15) is 10.9 Å². The van der Waals surface area contributed by atoms with Crippen molar-refractivity contribution >= 4 is 78.0 Å². The smallest absolute Gasteiger partial charge is 0.135 e. The van der Waals surface area contributed by atoms with Crippen molar-refractivity contribution in [1.29, 1.82) is 0 Å². The zero-order chi connectivity index (χ0) is 32.3. The molecule has 0 saturated carbocycles. The van der Waals surface area contributed by atoms with Crippen LogP contribution in [0.3, 0.4) is 0 Å². The number of nitrogens with zero attached hydrogens (tertiary/aromatic N) is 1. The van der Waals surface area contributed by atoms with E-state index >= 15 is 0 Å². The number of anilines is 4. The quantitative estimate of drug-likeness (QED) is 0.188. The van der Waals surface area contributed by atoms with Crippen molar-refractivity contribution in [1.82, 2.24) is 0 Å². The highest BCUT2D eigenvalue weighted by Gasteiger charge is 2.26. The van der Waals surface area contributed by atoms with Crippen molar-refractivity contribution in [3.05, 3.63) is 175 Å². The van der Waals surface area contributed by atoms with Crippen LogP contribution in [-0.2, 0) is 0 Å². The molecule has 0 radical (unpaired) electrons. The lowest BCUT2D eigenvalue weighted by Gasteiger charge is -2.29. The summed E-state index contributed by atoms with van der Waals surface area (Å²) in [7, 11) is 0. The fourth-order valence-electron chi connectivity index (χ4n) is 7.44. The molecule has 0 bridgehead atoms. The van der Waals surface area contributed by atoms with Gasteiger partial charge in [-0.1, -0.05) is 133 Å². The van der Waals surface area contributed by atoms with E-state index < -0.39 is 0 Å². The number of hydrogen-bond donors (Lipinski definition) is 1. The molecule has 4 heteroatoms. The Morgan fingerprint density at radius 3 is 2.14 bits per heavy atom. The average molecular weight is 647 g/mol. The number of hydrogen-bond acceptors (Lipinski definition) is 4. The lowest BCUT2D eigenvalue weighted by Crippen LogP contribution is -2.11. The van der Waals surface area contributed by atoms with Gasteiger partial charge in [0.15, 0.2) is 0 Å². The molecule has 1 N–H and O–H groups in total. The van der Waals surface area contributed by atoms with Crippen LogP contribution in [0, 0.1) is 0 Å². The molecule has 10 rings (SSSR count). The molecule has 0 saturated heterocycles. The van der Waals surface area contributed by atoms with E-state index in [1.54, 1.807) is 0 Å². The molecule has 49 heavy (non-hydrogen) atoms. The minimum atomic E-state index is 0.178. The highest BCUT2D eigenvalue weighted by molar-refractivity contribution is 8.00. The molecule has 0 amide bonds. The van der Waals surface area contributed by atoms with E-state index in [9.17, 15) is 0 Å². The molecule has 1 unspecified atom stereocenters. The van der Waals surface area contributed by atoms with Crippen LogP contribution in [0.4, 0.5) is 22.7 Å². The highest BCUT2D eigenvalue weighted by atomic mass is 32.2. The zero-order valence-corrected chi connectivity index (χ0v) is 27.3. The summed E-state index contributed by atoms with van der Waals surface area (Å²) in [6.45, 7) is 0. The monoisotopic (exact) mass is 646 g/mol. The van der Waals surface area contributed by atoms with Gasteiger partial charge in [-0.15, -0.1) is 0 Å². The molecule has 1 aliphatic heterocycles. The minimum Gasteiger partial charge on any atom is -0.456 e. The van der Waals surface area contributed by atoms with Gasteiger partial charge in [0, 0.05) is 37.7 Å². The van der Waals surface area contributed by atoms with Crippen molar-refractivity contribution < 1.29 is 4.42 Å². The molecule has 232 valence electrons. The number of thioether (sulfide) groups is 1. The summed E-state index contributed by atoms with van der Waals surface area (Å²) >= 11 is 1.89. The number of fused-ring (bicyclic) bond motifs is 8. The van der Waals surface area contributed by atoms with Crippen molar-refractivity contribution in [3.8, 4) is 11.1 Å². The van der Waals surface area contributed by atoms with Gasteiger partial charge in [0.1, 0.15) is 16.5 Å². The number of benzene rings is 8. The van der Waals surface area contributed by atoms with Crippen LogP contribution in [0.2, 0.25) is 0 Å². The number of rotatable bonds is 5. The SMILES string of the molecule is c1ccc(C2Nc3c(ccc4ccc5c(N(c6ccccc6)c6ccccc6-c6ccc7oc8ccccc8c7c6)cccc5c34)S2)cc1. The first-order valence-corrected chi connectivity index (χ1v) is 17.5. The van der Waals surface area contributed by atoms with E-state index in [0.717, 1.165) is 50.1 Å². The molecule has 8 aromatic carbocycles. The molecule has 0 fully saturated rings. The average Bonchev–Trinajstić information content (AvgIpc) is 3.78. The standard InChI is InChI=1S/C45H30N2OS/c1-3-12-30(13-4-1)45-46-44-42(49-45)27-24-29-22-25-34-36(43(29)44)18-11-20-39(34)47(32-14-5-2-6-15-32)38-19-9-7-16-33(38)31-23-26-41-37(28-31)35-17-8-10-21-40(35)48-41/h1-28,45-46H. The van der Waals surface area contributed by atoms with Crippen molar-refractivity contribution in [2.45, 2.75) is 10.3 Å². The van der Waals surface area contributed by atoms with Crippen LogP contribution in [0.5, 0.6) is 0 Å². The second-order valence-corrected chi connectivity index (χ2v) is 13.7. The van der Waals surface area contributed by atoms with Gasteiger partial charge >= 0.3 is 0 Å². The Bertz CT molecular complexity index is 2680. The van der Waals surface area contributed by atoms with Crippen LogP contribution >= 0.6 is 11.8 Å². The summed E-state index contributed by atoms with van der Waals surface area (Å²) in [4.78, 5) is 3.70. The Labute approximate surface area is 288 Å². The maximum atomic E-state index is 6.19. The second kappa shape index (κ2) is 11.3. The van der Waals surface area contributed by atoms with Crippen LogP contribution < -0.4 is 10.2 Å². The zero-order valence-electron chi connectivity index (χ0n) is 26.5. The van der Waals surface area contributed by atoms with Crippen molar-refractivity contribution in [3.63, 3.8) is 0 Å². The van der Waals surface area contributed by atoms with Crippen LogP contribution in [0.15, 0.2) is 179 Å². The molecular weight excluding hydrogens is 617 g/mol. The maximum Gasteiger partial charge on any atom is 0.135 e. The fourth-order valence-corrected chi connectivity index (χ4v) is 8.59. The fraction of sp³-hybridized carbons (Fsp3) is 0.0222. The Balaban J connectivity index is 1.18. The molecule has 1 atom stereocenters. The first-order valence-electron chi connectivity index (χ1n) is 16.6. The van der Waals surface area contributed by atoms with Crippen molar-refractivity contribution in [2.75, 3.05) is 10.2 Å². The van der Waals surface area contributed by atoms with E-state index in [2.05, 4.69) is 168 Å². The summed E-state index contributed by atoms with van der Waals surface area (Å²) in [5.74, 6) is 0. The second-order valence-electron chi connectivity index (χ2n) is 12.5. The van der Waals surface area contributed by atoms with Gasteiger partial charge < -0.3 is 14.6 Å². The Morgan fingerprint density at radius 2 is 1.24 bits per heavy atom. The van der Waals surface area contributed by atoms with Gasteiger partial charge in [0.2, 0.25) is 0 Å². The molecule has 0 aliphatic carbocycles. The van der Waals surface area contributed by atoms with Gasteiger partial charge in [-0.3, -0.25) is 0 Å². The predicted octanol–water partition coefficient (Wildman–Crippen LogP) is 13.2. The topological polar surface area (TPSA) is 28.4 Å². The summed E-state index contributed by atoms with van der Waals surface area (Å²) < 4.78 is 6.19.